The summed E-state index contributed by atoms with van der Waals surface area (Å²) in [6.45, 7) is 2.55. The van der Waals surface area contributed by atoms with Crippen molar-refractivity contribution in [2.75, 3.05) is 0 Å². The molecule has 0 spiro atoms. The largest absolute Gasteiger partial charge is 0.470 e. The van der Waals surface area contributed by atoms with Crippen molar-refractivity contribution in [3.63, 3.8) is 0 Å². The molecule has 10 heavy (non-hydrogen) atoms. The van der Waals surface area contributed by atoms with Gasteiger partial charge in [0.15, 0.2) is 0 Å². The summed E-state index contributed by atoms with van der Waals surface area (Å²) in [7, 11) is 0. The van der Waals surface area contributed by atoms with Gasteiger partial charge in [0.05, 0.1) is 6.21 Å². The van der Waals surface area contributed by atoms with Crippen LogP contribution in [0.5, 0.6) is 5.75 Å². The van der Waals surface area contributed by atoms with Crippen molar-refractivity contribution in [3.8, 4) is 5.75 Å². The van der Waals surface area contributed by atoms with Crippen LogP contribution in [0.2, 0.25) is 0 Å². The van der Waals surface area contributed by atoms with Gasteiger partial charge in [0.2, 0.25) is 6.61 Å². The molecule has 1 aromatic rings. The second-order valence-corrected chi connectivity index (χ2v) is 1.95. The van der Waals surface area contributed by atoms with Crippen molar-refractivity contribution >= 4 is 11.9 Å². The molecule has 1 aliphatic rings. The fraction of sp³-hybridized carbons (Fsp3) is 0. The van der Waals surface area contributed by atoms with Crippen LogP contribution in [0.4, 0.5) is 5.69 Å². The monoisotopic (exact) mass is 131 g/mol. The summed E-state index contributed by atoms with van der Waals surface area (Å²) in [6, 6.07) is 7.58. The number of benzene rings is 1. The van der Waals surface area contributed by atoms with Gasteiger partial charge in [-0.05, 0) is 12.1 Å². The van der Waals surface area contributed by atoms with Gasteiger partial charge in [-0.25, -0.2) is 0 Å². The quantitative estimate of drug-likeness (QED) is 0.526. The lowest BCUT2D eigenvalue weighted by atomic mass is 10.3. The summed E-state index contributed by atoms with van der Waals surface area (Å²) < 4.78 is 5.02. The number of fused-ring (bicyclic) bond motifs is 1. The average molecular weight is 131 g/mol. The Hall–Kier alpha value is -1.31. The molecule has 0 saturated heterocycles. The van der Waals surface area contributed by atoms with Gasteiger partial charge in [-0.3, -0.25) is 4.99 Å². The zero-order chi connectivity index (χ0) is 6.81. The molecule has 0 N–H and O–H groups in total. The molecule has 0 aromatic heterocycles. The van der Waals surface area contributed by atoms with Crippen LogP contribution in [0.15, 0.2) is 29.3 Å². The standard InChI is InChI=1S/C8H5NO/c1-2-4-8-7(3-1)9-5-6-10-8/h1-5H. The van der Waals surface area contributed by atoms with Gasteiger partial charge >= 0.3 is 0 Å². The first kappa shape index (κ1) is 5.47. The Morgan fingerprint density at radius 3 is 3.10 bits per heavy atom. The van der Waals surface area contributed by atoms with E-state index in [0.717, 1.165) is 11.4 Å². The zero-order valence-corrected chi connectivity index (χ0v) is 5.24. The highest BCUT2D eigenvalue weighted by atomic mass is 16.5. The van der Waals surface area contributed by atoms with Crippen LogP contribution < -0.4 is 4.74 Å². The Morgan fingerprint density at radius 2 is 2.20 bits per heavy atom. The van der Waals surface area contributed by atoms with E-state index in [9.17, 15) is 0 Å². The van der Waals surface area contributed by atoms with E-state index >= 15 is 0 Å². The smallest absolute Gasteiger partial charge is 0.242 e. The predicted molar refractivity (Wildman–Crippen MR) is 38.5 cm³/mol. The third-order valence-electron chi connectivity index (χ3n) is 1.29. The molecular weight excluding hydrogens is 126 g/mol. The minimum Gasteiger partial charge on any atom is -0.470 e. The first-order valence-electron chi connectivity index (χ1n) is 3.01. The number of hydrogen-bond donors (Lipinski definition) is 0. The summed E-state index contributed by atoms with van der Waals surface area (Å²) in [4.78, 5) is 4.03. The number of hydrogen-bond acceptors (Lipinski definition) is 2. The third kappa shape index (κ3) is 0.778. The van der Waals surface area contributed by atoms with Crippen molar-refractivity contribution in [3.05, 3.63) is 30.9 Å². The lowest BCUT2D eigenvalue weighted by molar-refractivity contribution is 0.444. The third-order valence-corrected chi connectivity index (χ3v) is 1.29. The molecule has 1 heterocycles. The molecule has 0 atom stereocenters. The van der Waals surface area contributed by atoms with E-state index in [1.54, 1.807) is 0 Å². The Morgan fingerprint density at radius 1 is 1.30 bits per heavy atom. The van der Waals surface area contributed by atoms with Crippen LogP contribution in [0.25, 0.3) is 0 Å². The maximum Gasteiger partial charge on any atom is 0.242 e. The van der Waals surface area contributed by atoms with Crippen LogP contribution in [0, 0.1) is 6.61 Å². The summed E-state index contributed by atoms with van der Waals surface area (Å²) in [5.41, 5.74) is 0.862. The number of aliphatic imine (C=N–C) groups is 1. The average Bonchev–Trinajstić information content (AvgIpc) is 2.05. The number of nitrogens with zero attached hydrogens (tertiary/aromatic N) is 1. The van der Waals surface area contributed by atoms with Gasteiger partial charge in [0, 0.05) is 0 Å². The van der Waals surface area contributed by atoms with E-state index in [2.05, 4.69) is 11.6 Å². The van der Waals surface area contributed by atoms with Crippen LogP contribution in [0.3, 0.4) is 0 Å². The van der Waals surface area contributed by atoms with E-state index < -0.39 is 0 Å². The second kappa shape index (κ2) is 2.14. The number of para-hydroxylation sites is 2. The van der Waals surface area contributed by atoms with E-state index in [4.69, 9.17) is 4.74 Å². The van der Waals surface area contributed by atoms with Gasteiger partial charge in [-0.2, -0.15) is 0 Å². The molecule has 1 aromatic carbocycles. The lowest BCUT2D eigenvalue weighted by Gasteiger charge is -2.07. The van der Waals surface area contributed by atoms with Crippen molar-refractivity contribution < 1.29 is 4.74 Å². The summed E-state index contributed by atoms with van der Waals surface area (Å²) in [6.07, 6.45) is 1.52. The Labute approximate surface area is 59.2 Å². The minimum atomic E-state index is 0.769. The SMILES string of the molecule is [C]1C=Nc2ccccc2O1. The second-order valence-electron chi connectivity index (χ2n) is 1.95. The molecule has 0 saturated carbocycles. The fourth-order valence-corrected chi connectivity index (χ4v) is 0.836. The highest BCUT2D eigenvalue weighted by Gasteiger charge is 2.04. The molecule has 0 bridgehead atoms. The Bertz CT molecular complexity index is 268. The molecule has 2 heteroatoms. The van der Waals surface area contributed by atoms with Gasteiger partial charge in [-0.1, -0.05) is 12.1 Å². The maximum absolute atomic E-state index is 5.02. The van der Waals surface area contributed by atoms with Gasteiger partial charge < -0.3 is 4.74 Å². The van der Waals surface area contributed by atoms with E-state index in [1.807, 2.05) is 24.3 Å². The molecule has 2 radical (unpaired) electrons. The molecule has 0 fully saturated rings. The van der Waals surface area contributed by atoms with Crippen LogP contribution >= 0.6 is 0 Å². The molecule has 0 amide bonds. The molecule has 2 nitrogen and oxygen atoms in total. The van der Waals surface area contributed by atoms with Gasteiger partial charge in [-0.15, -0.1) is 0 Å². The highest BCUT2D eigenvalue weighted by molar-refractivity contribution is 5.75. The van der Waals surface area contributed by atoms with Gasteiger partial charge in [0.1, 0.15) is 11.4 Å². The molecule has 2 rings (SSSR count). The van der Waals surface area contributed by atoms with Crippen molar-refractivity contribution in [1.29, 1.82) is 0 Å². The zero-order valence-electron chi connectivity index (χ0n) is 5.24. The molecule has 0 unspecified atom stereocenters. The van der Waals surface area contributed by atoms with Crippen LogP contribution in [-0.2, 0) is 0 Å². The van der Waals surface area contributed by atoms with E-state index in [1.165, 1.54) is 6.21 Å². The maximum atomic E-state index is 5.02. The molecule has 1 aliphatic heterocycles. The Kier molecular flexibility index (Phi) is 1.17. The Balaban J connectivity index is 2.54. The van der Waals surface area contributed by atoms with Crippen molar-refractivity contribution in [1.82, 2.24) is 0 Å². The number of rotatable bonds is 0. The normalized spacial score (nSPS) is 14.0. The molecular formula is C8H5NO. The molecule has 0 aliphatic carbocycles. The summed E-state index contributed by atoms with van der Waals surface area (Å²) in [5.74, 6) is 0.769. The first-order valence-corrected chi connectivity index (χ1v) is 3.01. The lowest BCUT2D eigenvalue weighted by Crippen LogP contribution is -1.95. The van der Waals surface area contributed by atoms with Crippen molar-refractivity contribution in [2.45, 2.75) is 0 Å². The molecule has 48 valence electrons. The van der Waals surface area contributed by atoms with E-state index in [-0.39, 0.29) is 0 Å². The minimum absolute atomic E-state index is 0.769. The first-order chi connectivity index (χ1) is 4.97. The van der Waals surface area contributed by atoms with Gasteiger partial charge in [0.25, 0.3) is 0 Å². The summed E-state index contributed by atoms with van der Waals surface area (Å²) >= 11 is 0. The van der Waals surface area contributed by atoms with E-state index in [0.29, 0.717) is 0 Å². The topological polar surface area (TPSA) is 21.6 Å². The highest BCUT2D eigenvalue weighted by Crippen LogP contribution is 2.28. The fourth-order valence-electron chi connectivity index (χ4n) is 0.836. The summed E-state index contributed by atoms with van der Waals surface area (Å²) in [5, 5.41) is 0. The van der Waals surface area contributed by atoms with Crippen molar-refractivity contribution in [2.24, 2.45) is 4.99 Å². The number of ether oxygens (including phenoxy) is 1. The van der Waals surface area contributed by atoms with Crippen LogP contribution in [-0.4, -0.2) is 6.21 Å². The van der Waals surface area contributed by atoms with Crippen LogP contribution in [0.1, 0.15) is 0 Å². The predicted octanol–water partition coefficient (Wildman–Crippen LogP) is 1.82.